The number of hydrogen-bond donors (Lipinski definition) is 1. The molecule has 2 atom stereocenters. The minimum absolute atomic E-state index is 0.0406. The van der Waals surface area contributed by atoms with E-state index in [0.717, 1.165) is 5.56 Å². The van der Waals surface area contributed by atoms with E-state index in [2.05, 4.69) is 10.3 Å². The lowest BCUT2D eigenvalue weighted by Gasteiger charge is -2.43. The molecule has 3 amide bonds. The Bertz CT molecular complexity index is 1220. The van der Waals surface area contributed by atoms with Crippen LogP contribution in [0.15, 0.2) is 59.3 Å². The molecule has 0 saturated carbocycles. The molecule has 32 heavy (non-hydrogen) atoms. The Kier molecular flexibility index (Phi) is 4.77. The van der Waals surface area contributed by atoms with Crippen LogP contribution in [0.5, 0.6) is 0 Å². The number of nitrogens with one attached hydrogen (secondary N) is 1. The van der Waals surface area contributed by atoms with Crippen LogP contribution in [0.1, 0.15) is 38.7 Å². The van der Waals surface area contributed by atoms with Gasteiger partial charge in [-0.15, -0.1) is 0 Å². The van der Waals surface area contributed by atoms with E-state index in [1.165, 1.54) is 11.3 Å². The van der Waals surface area contributed by atoms with Gasteiger partial charge in [-0.2, -0.15) is 0 Å². The van der Waals surface area contributed by atoms with Crippen molar-refractivity contribution < 1.29 is 18.8 Å². The van der Waals surface area contributed by atoms with Gasteiger partial charge >= 0.3 is 0 Å². The quantitative estimate of drug-likeness (QED) is 0.689. The van der Waals surface area contributed by atoms with Crippen molar-refractivity contribution in [2.75, 3.05) is 25.5 Å². The normalized spacial score (nSPS) is 19.5. The number of amides is 3. The molecule has 3 heterocycles. The zero-order valence-electron chi connectivity index (χ0n) is 17.7. The van der Waals surface area contributed by atoms with Gasteiger partial charge in [-0.05, 0) is 24.1 Å². The first kappa shape index (κ1) is 20.0. The van der Waals surface area contributed by atoms with Crippen molar-refractivity contribution in [3.8, 4) is 11.3 Å². The van der Waals surface area contributed by atoms with Gasteiger partial charge in [0, 0.05) is 43.4 Å². The number of likely N-dealkylation sites (N-methyl/N-ethyl adjacent to an activating group) is 2. The van der Waals surface area contributed by atoms with Crippen LogP contribution in [0.25, 0.3) is 11.3 Å². The average Bonchev–Trinajstić information content (AvgIpc) is 3.32. The number of carbonyl (C=O) groups is 3. The maximum Gasteiger partial charge on any atom is 0.281 e. The summed E-state index contributed by atoms with van der Waals surface area (Å²) in [6.07, 6.45) is 1.64. The molecule has 2 aliphatic rings. The molecule has 0 saturated heterocycles. The Hall–Kier alpha value is -3.94. The molecule has 0 unspecified atom stereocenters. The van der Waals surface area contributed by atoms with Gasteiger partial charge in [0.2, 0.25) is 5.91 Å². The number of rotatable bonds is 3. The minimum Gasteiger partial charge on any atom is -0.443 e. The summed E-state index contributed by atoms with van der Waals surface area (Å²) in [4.78, 5) is 46.9. The third kappa shape index (κ3) is 2.98. The van der Waals surface area contributed by atoms with E-state index in [9.17, 15) is 14.4 Å². The van der Waals surface area contributed by atoms with Crippen molar-refractivity contribution in [1.82, 2.24) is 15.2 Å². The molecule has 162 valence electrons. The SMILES string of the molecule is CNC(=O)[C@@H]1C[C@H]2CN(C)C(=O)c3cccc(c32)N1C(=O)c1ncoc1-c1ccccc1. The summed E-state index contributed by atoms with van der Waals surface area (Å²) < 4.78 is 5.56. The number of hydrogen-bond acceptors (Lipinski definition) is 5. The van der Waals surface area contributed by atoms with Gasteiger partial charge in [0.25, 0.3) is 11.8 Å². The summed E-state index contributed by atoms with van der Waals surface area (Å²) >= 11 is 0. The van der Waals surface area contributed by atoms with Crippen LogP contribution < -0.4 is 10.2 Å². The van der Waals surface area contributed by atoms with Crippen molar-refractivity contribution >= 4 is 23.4 Å². The molecule has 0 aliphatic carbocycles. The van der Waals surface area contributed by atoms with Gasteiger partial charge in [-0.25, -0.2) is 4.98 Å². The Morgan fingerprint density at radius 3 is 2.66 bits per heavy atom. The third-order valence-electron chi connectivity index (χ3n) is 6.22. The highest BCUT2D eigenvalue weighted by atomic mass is 16.3. The topological polar surface area (TPSA) is 95.8 Å². The molecule has 8 nitrogen and oxygen atoms in total. The van der Waals surface area contributed by atoms with E-state index in [1.807, 2.05) is 30.3 Å². The fourth-order valence-corrected chi connectivity index (χ4v) is 4.77. The lowest BCUT2D eigenvalue weighted by Crippen LogP contribution is -2.54. The molecular formula is C24H22N4O4. The fourth-order valence-electron chi connectivity index (χ4n) is 4.77. The summed E-state index contributed by atoms with van der Waals surface area (Å²) in [6, 6.07) is 13.8. The summed E-state index contributed by atoms with van der Waals surface area (Å²) in [5, 5.41) is 2.68. The third-order valence-corrected chi connectivity index (χ3v) is 6.22. The molecule has 2 aliphatic heterocycles. The van der Waals surface area contributed by atoms with Gasteiger partial charge in [0.05, 0.1) is 0 Å². The molecule has 5 rings (SSSR count). The first-order chi connectivity index (χ1) is 15.5. The average molecular weight is 430 g/mol. The van der Waals surface area contributed by atoms with Crippen LogP contribution >= 0.6 is 0 Å². The minimum atomic E-state index is -0.734. The van der Waals surface area contributed by atoms with E-state index in [0.29, 0.717) is 35.5 Å². The highest BCUT2D eigenvalue weighted by molar-refractivity contribution is 6.13. The second-order valence-corrected chi connectivity index (χ2v) is 8.06. The van der Waals surface area contributed by atoms with Crippen LogP contribution in [0.2, 0.25) is 0 Å². The van der Waals surface area contributed by atoms with Gasteiger partial charge < -0.3 is 14.6 Å². The predicted molar refractivity (Wildman–Crippen MR) is 117 cm³/mol. The number of oxazole rings is 1. The monoisotopic (exact) mass is 430 g/mol. The van der Waals surface area contributed by atoms with Crippen molar-refractivity contribution in [3.63, 3.8) is 0 Å². The Morgan fingerprint density at radius 1 is 1.12 bits per heavy atom. The van der Waals surface area contributed by atoms with E-state index < -0.39 is 11.9 Å². The summed E-state index contributed by atoms with van der Waals surface area (Å²) in [5.41, 5.74) is 2.79. The number of anilines is 1. The predicted octanol–water partition coefficient (Wildman–Crippen LogP) is 2.68. The molecule has 8 heteroatoms. The van der Waals surface area contributed by atoms with Gasteiger partial charge in [0.1, 0.15) is 6.04 Å². The van der Waals surface area contributed by atoms with Crippen LogP contribution in [0.4, 0.5) is 5.69 Å². The molecule has 0 spiro atoms. The molecule has 0 fully saturated rings. The molecular weight excluding hydrogens is 408 g/mol. The highest BCUT2D eigenvalue weighted by Crippen LogP contribution is 2.44. The van der Waals surface area contributed by atoms with E-state index >= 15 is 0 Å². The molecule has 1 aromatic heterocycles. The van der Waals surface area contributed by atoms with Crippen LogP contribution in [-0.2, 0) is 4.79 Å². The van der Waals surface area contributed by atoms with E-state index in [1.54, 1.807) is 37.2 Å². The van der Waals surface area contributed by atoms with Gasteiger partial charge in [-0.1, -0.05) is 36.4 Å². The van der Waals surface area contributed by atoms with Crippen molar-refractivity contribution in [3.05, 3.63) is 71.7 Å². The van der Waals surface area contributed by atoms with Crippen LogP contribution in [0, 0.1) is 0 Å². The lowest BCUT2D eigenvalue weighted by molar-refractivity contribution is -0.122. The molecule has 0 bridgehead atoms. The Morgan fingerprint density at radius 2 is 1.91 bits per heavy atom. The van der Waals surface area contributed by atoms with Gasteiger partial charge in [0.15, 0.2) is 17.8 Å². The first-order valence-electron chi connectivity index (χ1n) is 10.4. The number of aromatic nitrogens is 1. The first-order valence-corrected chi connectivity index (χ1v) is 10.4. The second kappa shape index (κ2) is 7.64. The smallest absolute Gasteiger partial charge is 0.281 e. The van der Waals surface area contributed by atoms with Crippen LogP contribution in [0.3, 0.4) is 0 Å². The number of carbonyl (C=O) groups excluding carboxylic acids is 3. The summed E-state index contributed by atoms with van der Waals surface area (Å²) in [6.45, 7) is 0.498. The maximum absolute atomic E-state index is 13.8. The zero-order valence-corrected chi connectivity index (χ0v) is 17.7. The van der Waals surface area contributed by atoms with Crippen molar-refractivity contribution in [2.24, 2.45) is 0 Å². The van der Waals surface area contributed by atoms with Crippen LogP contribution in [-0.4, -0.2) is 54.3 Å². The Balaban J connectivity index is 1.66. The standard InChI is InChI=1S/C24H22N4O4/c1-25-22(29)18-11-15-12-27(2)23(30)16-9-6-10-17(19(15)16)28(18)24(31)20-21(32-13-26-20)14-7-4-3-5-8-14/h3-10,13,15,18H,11-12H2,1-2H3,(H,25,29)/t15-,18-/m0/s1. The van der Waals surface area contributed by atoms with Gasteiger partial charge in [-0.3, -0.25) is 19.3 Å². The largest absolute Gasteiger partial charge is 0.443 e. The number of benzene rings is 2. The molecule has 2 aromatic carbocycles. The molecule has 0 radical (unpaired) electrons. The molecule has 1 N–H and O–H groups in total. The van der Waals surface area contributed by atoms with Crippen molar-refractivity contribution in [1.29, 1.82) is 0 Å². The summed E-state index contributed by atoms with van der Waals surface area (Å²) in [7, 11) is 3.31. The second-order valence-electron chi connectivity index (χ2n) is 8.06. The lowest BCUT2D eigenvalue weighted by atomic mass is 9.79. The fraction of sp³-hybridized carbons (Fsp3) is 0.250. The molecule has 3 aromatic rings. The van der Waals surface area contributed by atoms with E-state index in [4.69, 9.17) is 4.42 Å². The summed E-state index contributed by atoms with van der Waals surface area (Å²) in [5.74, 6) is -0.492. The van der Waals surface area contributed by atoms with Crippen molar-refractivity contribution in [2.45, 2.75) is 18.4 Å². The highest BCUT2D eigenvalue weighted by Gasteiger charge is 2.45. The zero-order chi connectivity index (χ0) is 22.4. The number of nitrogens with zero attached hydrogens (tertiary/aromatic N) is 3. The Labute approximate surface area is 184 Å². The maximum atomic E-state index is 13.8. The van der Waals surface area contributed by atoms with E-state index in [-0.39, 0.29) is 23.4 Å².